The average molecular weight is 410 g/mol. The van der Waals surface area contributed by atoms with Crippen molar-refractivity contribution in [3.63, 3.8) is 0 Å². The second kappa shape index (κ2) is 13.3. The van der Waals surface area contributed by atoms with Crippen molar-refractivity contribution in [2.24, 2.45) is 10.9 Å². The Hall–Kier alpha value is -0.340. The fraction of sp³-hybridized carbons (Fsp3) is 0.800. The van der Waals surface area contributed by atoms with Gasteiger partial charge in [0.05, 0.1) is 6.61 Å². The number of piperidine rings is 1. The highest BCUT2D eigenvalue weighted by molar-refractivity contribution is 14.0. The summed E-state index contributed by atoms with van der Waals surface area (Å²) in [6.07, 6.45) is 4.31. The Bertz CT molecular complexity index is 291. The zero-order chi connectivity index (χ0) is 14.6. The van der Waals surface area contributed by atoms with Crippen molar-refractivity contribution in [2.45, 2.75) is 19.8 Å². The molecule has 0 atom stereocenters. The van der Waals surface area contributed by atoms with Gasteiger partial charge >= 0.3 is 0 Å². The van der Waals surface area contributed by atoms with E-state index in [0.29, 0.717) is 5.92 Å². The average Bonchev–Trinajstić information content (AvgIpc) is 2.49. The molecular weight excluding hydrogens is 379 g/mol. The monoisotopic (exact) mass is 410 g/mol. The maximum atomic E-state index is 5.13. The van der Waals surface area contributed by atoms with Crippen LogP contribution in [0.3, 0.4) is 0 Å². The van der Waals surface area contributed by atoms with Gasteiger partial charge in [-0.1, -0.05) is 6.08 Å². The van der Waals surface area contributed by atoms with Crippen LogP contribution in [-0.4, -0.2) is 63.8 Å². The maximum Gasteiger partial charge on any atom is 0.191 e. The van der Waals surface area contributed by atoms with Gasteiger partial charge < -0.3 is 20.3 Å². The number of hydrogen-bond acceptors (Lipinski definition) is 3. The van der Waals surface area contributed by atoms with Crippen molar-refractivity contribution >= 4 is 29.9 Å². The highest BCUT2D eigenvalue weighted by atomic mass is 127. The highest BCUT2D eigenvalue weighted by Crippen LogP contribution is 2.17. The molecule has 0 saturated carbocycles. The number of nitrogens with zero attached hydrogens (tertiary/aromatic N) is 2. The van der Waals surface area contributed by atoms with Crippen LogP contribution in [-0.2, 0) is 4.74 Å². The first-order chi connectivity index (χ1) is 9.80. The first kappa shape index (κ1) is 20.7. The van der Waals surface area contributed by atoms with E-state index in [1.165, 1.54) is 25.9 Å². The van der Waals surface area contributed by atoms with Crippen LogP contribution in [0, 0.1) is 5.92 Å². The summed E-state index contributed by atoms with van der Waals surface area (Å²) in [5.74, 6) is 1.60. The smallest absolute Gasteiger partial charge is 0.191 e. The Kier molecular flexibility index (Phi) is 13.1. The number of aliphatic imine (C=N–C) groups is 1. The summed E-state index contributed by atoms with van der Waals surface area (Å²) in [6.45, 7) is 12.6. The number of halogens is 1. The van der Waals surface area contributed by atoms with Crippen LogP contribution in [0.25, 0.3) is 0 Å². The predicted molar refractivity (Wildman–Crippen MR) is 101 cm³/mol. The fourth-order valence-corrected chi connectivity index (χ4v) is 2.34. The summed E-state index contributed by atoms with van der Waals surface area (Å²) in [5, 5.41) is 6.50. The van der Waals surface area contributed by atoms with Crippen LogP contribution in [0.5, 0.6) is 0 Å². The summed E-state index contributed by atoms with van der Waals surface area (Å²) >= 11 is 0. The molecule has 0 aromatic heterocycles. The van der Waals surface area contributed by atoms with Crippen molar-refractivity contribution in [3.8, 4) is 0 Å². The lowest BCUT2D eigenvalue weighted by molar-refractivity contribution is 0.121. The van der Waals surface area contributed by atoms with E-state index in [1.54, 1.807) is 7.11 Å². The largest absolute Gasteiger partial charge is 0.383 e. The lowest BCUT2D eigenvalue weighted by atomic mass is 9.97. The lowest BCUT2D eigenvalue weighted by Crippen LogP contribution is -2.39. The molecule has 1 fully saturated rings. The van der Waals surface area contributed by atoms with Gasteiger partial charge in [-0.3, -0.25) is 4.99 Å². The first-order valence-corrected chi connectivity index (χ1v) is 7.64. The van der Waals surface area contributed by atoms with E-state index in [9.17, 15) is 0 Å². The summed E-state index contributed by atoms with van der Waals surface area (Å²) in [4.78, 5) is 7.14. The molecule has 21 heavy (non-hydrogen) atoms. The molecule has 0 spiro atoms. The van der Waals surface area contributed by atoms with Gasteiger partial charge in [0, 0.05) is 33.3 Å². The number of rotatable bonds is 8. The van der Waals surface area contributed by atoms with Crippen LogP contribution in [0.1, 0.15) is 19.8 Å². The minimum atomic E-state index is 0. The van der Waals surface area contributed by atoms with Gasteiger partial charge in [-0.25, -0.2) is 0 Å². The zero-order valence-electron chi connectivity index (χ0n) is 13.4. The number of nitrogens with one attached hydrogen (secondary N) is 2. The Morgan fingerprint density at radius 2 is 2.10 bits per heavy atom. The molecule has 1 aliphatic heterocycles. The molecule has 1 heterocycles. The predicted octanol–water partition coefficient (Wildman–Crippen LogP) is 1.70. The molecular formula is C15H31IN4O. The van der Waals surface area contributed by atoms with Crippen LogP contribution >= 0.6 is 24.0 Å². The minimum absolute atomic E-state index is 0. The van der Waals surface area contributed by atoms with Crippen molar-refractivity contribution in [1.82, 2.24) is 15.5 Å². The van der Waals surface area contributed by atoms with Crippen LogP contribution in [0.15, 0.2) is 17.6 Å². The fourth-order valence-electron chi connectivity index (χ4n) is 2.34. The van der Waals surface area contributed by atoms with E-state index in [-0.39, 0.29) is 24.0 Å². The van der Waals surface area contributed by atoms with E-state index in [0.717, 1.165) is 38.7 Å². The normalized spacial score (nSPS) is 17.1. The van der Waals surface area contributed by atoms with E-state index >= 15 is 0 Å². The van der Waals surface area contributed by atoms with Crippen LogP contribution in [0.2, 0.25) is 0 Å². The van der Waals surface area contributed by atoms with E-state index < -0.39 is 0 Å². The molecule has 0 radical (unpaired) electrons. The Balaban J connectivity index is 0.00000400. The van der Waals surface area contributed by atoms with Crippen LogP contribution in [0.4, 0.5) is 0 Å². The van der Waals surface area contributed by atoms with Gasteiger partial charge in [0.25, 0.3) is 0 Å². The molecule has 124 valence electrons. The molecule has 1 aliphatic rings. The molecule has 0 amide bonds. The van der Waals surface area contributed by atoms with Crippen molar-refractivity contribution in [2.75, 3.05) is 53.0 Å². The molecule has 0 unspecified atom stereocenters. The SMILES string of the molecule is C=CCNC(=NCC1CCN(CCOC)CC1)NCC.I. The molecule has 0 aromatic carbocycles. The highest BCUT2D eigenvalue weighted by Gasteiger charge is 2.18. The van der Waals surface area contributed by atoms with Crippen molar-refractivity contribution in [3.05, 3.63) is 12.7 Å². The Labute approximate surface area is 146 Å². The summed E-state index contributed by atoms with van der Waals surface area (Å²) in [5.41, 5.74) is 0. The topological polar surface area (TPSA) is 48.9 Å². The summed E-state index contributed by atoms with van der Waals surface area (Å²) in [7, 11) is 1.76. The van der Waals surface area contributed by atoms with Gasteiger partial charge in [0.1, 0.15) is 0 Å². The second-order valence-corrected chi connectivity index (χ2v) is 5.17. The number of guanidine groups is 1. The van der Waals surface area contributed by atoms with E-state index in [1.807, 2.05) is 6.08 Å². The third kappa shape index (κ3) is 9.31. The molecule has 2 N–H and O–H groups in total. The van der Waals surface area contributed by atoms with Gasteiger partial charge in [0.2, 0.25) is 0 Å². The van der Waals surface area contributed by atoms with Gasteiger partial charge in [-0.2, -0.15) is 0 Å². The number of methoxy groups -OCH3 is 1. The molecule has 1 saturated heterocycles. The molecule has 0 aromatic rings. The summed E-state index contributed by atoms with van der Waals surface area (Å²) in [6, 6.07) is 0. The minimum Gasteiger partial charge on any atom is -0.383 e. The molecule has 5 nitrogen and oxygen atoms in total. The first-order valence-electron chi connectivity index (χ1n) is 7.64. The zero-order valence-corrected chi connectivity index (χ0v) is 15.8. The van der Waals surface area contributed by atoms with Crippen LogP contribution < -0.4 is 10.6 Å². The Morgan fingerprint density at radius 1 is 1.38 bits per heavy atom. The van der Waals surface area contributed by atoms with Gasteiger partial charge in [-0.15, -0.1) is 30.6 Å². The number of likely N-dealkylation sites (tertiary alicyclic amines) is 1. The third-order valence-corrected chi connectivity index (χ3v) is 3.58. The molecule has 0 bridgehead atoms. The maximum absolute atomic E-state index is 5.13. The van der Waals surface area contributed by atoms with Crippen molar-refractivity contribution < 1.29 is 4.74 Å². The lowest BCUT2D eigenvalue weighted by Gasteiger charge is -2.31. The molecule has 6 heteroatoms. The summed E-state index contributed by atoms with van der Waals surface area (Å²) < 4.78 is 5.13. The standard InChI is InChI=1S/C15H30N4O.HI/c1-4-8-17-15(16-5-2)18-13-14-6-9-19(10-7-14)11-12-20-3;/h4,14H,1,5-13H2,2-3H3,(H2,16,17,18);1H. The second-order valence-electron chi connectivity index (χ2n) is 5.17. The number of hydrogen-bond donors (Lipinski definition) is 2. The van der Waals surface area contributed by atoms with Gasteiger partial charge in [0.15, 0.2) is 5.96 Å². The van der Waals surface area contributed by atoms with Crippen molar-refractivity contribution in [1.29, 1.82) is 0 Å². The quantitative estimate of drug-likeness (QED) is 0.277. The third-order valence-electron chi connectivity index (χ3n) is 3.58. The van der Waals surface area contributed by atoms with E-state index in [2.05, 4.69) is 34.0 Å². The van der Waals surface area contributed by atoms with E-state index in [4.69, 9.17) is 4.74 Å². The van der Waals surface area contributed by atoms with Gasteiger partial charge in [-0.05, 0) is 38.8 Å². The number of ether oxygens (including phenoxy) is 1. The Morgan fingerprint density at radius 3 is 2.67 bits per heavy atom. The molecule has 0 aliphatic carbocycles. The molecule has 1 rings (SSSR count).